The van der Waals surface area contributed by atoms with Crippen molar-refractivity contribution in [2.24, 2.45) is 0 Å². The van der Waals surface area contributed by atoms with Crippen molar-refractivity contribution in [1.29, 1.82) is 0 Å². The van der Waals surface area contributed by atoms with Crippen molar-refractivity contribution >= 4 is 17.2 Å². The van der Waals surface area contributed by atoms with Gasteiger partial charge in [0.2, 0.25) is 0 Å². The van der Waals surface area contributed by atoms with Gasteiger partial charge in [0.15, 0.2) is 11.6 Å². The highest BCUT2D eigenvalue weighted by atomic mass is 32.1. The number of nitrogens with two attached hydrogens (primary N) is 1. The lowest BCUT2D eigenvalue weighted by atomic mass is 10.2. The molecular formula is C10H10FN3S. The van der Waals surface area contributed by atoms with E-state index in [1.165, 1.54) is 16.9 Å². The van der Waals surface area contributed by atoms with E-state index in [9.17, 15) is 4.39 Å². The Morgan fingerprint density at radius 1 is 1.47 bits per heavy atom. The summed E-state index contributed by atoms with van der Waals surface area (Å²) >= 11 is 1.64. The van der Waals surface area contributed by atoms with E-state index >= 15 is 0 Å². The van der Waals surface area contributed by atoms with Gasteiger partial charge in [-0.1, -0.05) is 0 Å². The molecule has 3 N–H and O–H groups in total. The standard InChI is InChI=1S/C10H10FN3S/c11-8-9(13-14-10(8)12)7-4-5-2-1-3-6(5)15-7/h4H,1-3H2,(H3,12,13,14). The maximum atomic E-state index is 13.5. The molecule has 15 heavy (non-hydrogen) atoms. The molecule has 0 atom stereocenters. The molecular weight excluding hydrogens is 213 g/mol. The molecule has 0 aromatic carbocycles. The quantitative estimate of drug-likeness (QED) is 0.779. The van der Waals surface area contributed by atoms with Crippen LogP contribution in [0.3, 0.4) is 0 Å². The second kappa shape index (κ2) is 3.06. The fourth-order valence-electron chi connectivity index (χ4n) is 1.96. The van der Waals surface area contributed by atoms with Crippen LogP contribution in [0.25, 0.3) is 10.6 Å². The van der Waals surface area contributed by atoms with E-state index in [4.69, 9.17) is 5.73 Å². The number of aromatic amines is 1. The fourth-order valence-corrected chi connectivity index (χ4v) is 3.20. The Hall–Kier alpha value is -1.36. The van der Waals surface area contributed by atoms with Crippen LogP contribution in [0.15, 0.2) is 6.07 Å². The number of halogens is 1. The van der Waals surface area contributed by atoms with Gasteiger partial charge in [0.25, 0.3) is 0 Å². The molecule has 0 bridgehead atoms. The van der Waals surface area contributed by atoms with E-state index in [1.807, 2.05) is 6.07 Å². The summed E-state index contributed by atoms with van der Waals surface area (Å²) < 4.78 is 13.5. The normalized spacial score (nSPS) is 14.5. The molecule has 0 amide bonds. The van der Waals surface area contributed by atoms with Gasteiger partial charge in [-0.3, -0.25) is 5.10 Å². The average Bonchev–Trinajstić information content (AvgIpc) is 2.82. The smallest absolute Gasteiger partial charge is 0.193 e. The minimum atomic E-state index is -0.435. The first-order valence-electron chi connectivity index (χ1n) is 4.87. The summed E-state index contributed by atoms with van der Waals surface area (Å²) in [5.74, 6) is -0.492. The number of hydrogen-bond acceptors (Lipinski definition) is 3. The minimum Gasteiger partial charge on any atom is -0.380 e. The van der Waals surface area contributed by atoms with Crippen molar-refractivity contribution in [3.63, 3.8) is 0 Å². The van der Waals surface area contributed by atoms with Crippen molar-refractivity contribution in [2.45, 2.75) is 19.3 Å². The largest absolute Gasteiger partial charge is 0.380 e. The summed E-state index contributed by atoms with van der Waals surface area (Å²) in [4.78, 5) is 2.28. The van der Waals surface area contributed by atoms with Gasteiger partial charge in [-0.25, -0.2) is 4.39 Å². The van der Waals surface area contributed by atoms with Crippen LogP contribution in [-0.2, 0) is 12.8 Å². The molecule has 0 aliphatic heterocycles. The lowest BCUT2D eigenvalue weighted by Crippen LogP contribution is -1.86. The molecule has 0 saturated heterocycles. The SMILES string of the molecule is Nc1n[nH]c(-c2cc3c(s2)CCC3)c1F. The molecule has 3 nitrogen and oxygen atoms in total. The third kappa shape index (κ3) is 1.26. The van der Waals surface area contributed by atoms with Crippen LogP contribution in [0.4, 0.5) is 10.2 Å². The Morgan fingerprint density at radius 2 is 2.33 bits per heavy atom. The summed E-state index contributed by atoms with van der Waals surface area (Å²) in [6.07, 6.45) is 3.44. The number of fused-ring (bicyclic) bond motifs is 1. The average molecular weight is 223 g/mol. The Balaban J connectivity index is 2.09. The van der Waals surface area contributed by atoms with E-state index in [0.717, 1.165) is 17.7 Å². The lowest BCUT2D eigenvalue weighted by molar-refractivity contribution is 0.637. The third-order valence-corrected chi connectivity index (χ3v) is 3.98. The predicted molar refractivity (Wildman–Crippen MR) is 58.3 cm³/mol. The number of aromatic nitrogens is 2. The first-order chi connectivity index (χ1) is 7.25. The molecule has 0 spiro atoms. The Bertz CT molecular complexity index is 493. The molecule has 0 saturated carbocycles. The fraction of sp³-hybridized carbons (Fsp3) is 0.300. The second-order valence-electron chi connectivity index (χ2n) is 3.71. The molecule has 0 unspecified atom stereocenters. The van der Waals surface area contributed by atoms with Gasteiger partial charge in [0.05, 0.1) is 4.88 Å². The van der Waals surface area contributed by atoms with E-state index in [0.29, 0.717) is 5.69 Å². The van der Waals surface area contributed by atoms with Crippen molar-refractivity contribution < 1.29 is 4.39 Å². The second-order valence-corrected chi connectivity index (χ2v) is 4.85. The Labute approximate surface area is 90.1 Å². The van der Waals surface area contributed by atoms with Crippen LogP contribution >= 0.6 is 11.3 Å². The molecule has 5 heteroatoms. The van der Waals surface area contributed by atoms with Crippen molar-refractivity contribution in [1.82, 2.24) is 10.2 Å². The first-order valence-corrected chi connectivity index (χ1v) is 5.68. The summed E-state index contributed by atoms with van der Waals surface area (Å²) in [6, 6.07) is 2.04. The van der Waals surface area contributed by atoms with Crippen molar-refractivity contribution in [2.75, 3.05) is 5.73 Å². The van der Waals surface area contributed by atoms with Gasteiger partial charge >= 0.3 is 0 Å². The van der Waals surface area contributed by atoms with Crippen LogP contribution < -0.4 is 5.73 Å². The summed E-state index contributed by atoms with van der Waals surface area (Å²) in [5, 5.41) is 6.30. The number of nitrogens with one attached hydrogen (secondary N) is 1. The predicted octanol–water partition coefficient (Wildman–Crippen LogP) is 2.35. The molecule has 3 rings (SSSR count). The first kappa shape index (κ1) is 8.91. The Morgan fingerprint density at radius 3 is 3.00 bits per heavy atom. The highest BCUT2D eigenvalue weighted by molar-refractivity contribution is 7.15. The molecule has 2 aromatic rings. The van der Waals surface area contributed by atoms with Gasteiger partial charge in [0.1, 0.15) is 5.69 Å². The van der Waals surface area contributed by atoms with Crippen LogP contribution in [0.2, 0.25) is 0 Å². The molecule has 1 aliphatic rings. The zero-order valence-corrected chi connectivity index (χ0v) is 8.83. The number of aryl methyl sites for hydroxylation is 2. The van der Waals surface area contributed by atoms with Gasteiger partial charge in [-0.15, -0.1) is 11.3 Å². The molecule has 1 aliphatic carbocycles. The van der Waals surface area contributed by atoms with E-state index in [1.54, 1.807) is 11.3 Å². The maximum absolute atomic E-state index is 13.5. The molecule has 0 radical (unpaired) electrons. The third-order valence-electron chi connectivity index (χ3n) is 2.73. The number of rotatable bonds is 1. The number of hydrogen-bond donors (Lipinski definition) is 2. The van der Waals surface area contributed by atoms with Crippen LogP contribution in [0.5, 0.6) is 0 Å². The zero-order valence-electron chi connectivity index (χ0n) is 8.01. The summed E-state index contributed by atoms with van der Waals surface area (Å²) in [6.45, 7) is 0. The topological polar surface area (TPSA) is 54.7 Å². The number of thiophene rings is 1. The molecule has 0 fully saturated rings. The van der Waals surface area contributed by atoms with E-state index in [-0.39, 0.29) is 5.82 Å². The zero-order chi connectivity index (χ0) is 10.4. The van der Waals surface area contributed by atoms with E-state index in [2.05, 4.69) is 10.2 Å². The lowest BCUT2D eigenvalue weighted by Gasteiger charge is -1.91. The maximum Gasteiger partial charge on any atom is 0.193 e. The van der Waals surface area contributed by atoms with Gasteiger partial charge in [0, 0.05) is 4.88 Å². The van der Waals surface area contributed by atoms with E-state index < -0.39 is 5.82 Å². The van der Waals surface area contributed by atoms with Crippen LogP contribution in [-0.4, -0.2) is 10.2 Å². The number of anilines is 1. The molecule has 78 valence electrons. The van der Waals surface area contributed by atoms with Gasteiger partial charge in [-0.05, 0) is 30.9 Å². The Kier molecular flexibility index (Phi) is 1.82. The molecule has 2 aromatic heterocycles. The minimum absolute atomic E-state index is 0.0569. The summed E-state index contributed by atoms with van der Waals surface area (Å²) in [5.41, 5.74) is 7.13. The highest BCUT2D eigenvalue weighted by Crippen LogP contribution is 2.37. The summed E-state index contributed by atoms with van der Waals surface area (Å²) in [7, 11) is 0. The van der Waals surface area contributed by atoms with Gasteiger partial charge in [-0.2, -0.15) is 5.10 Å². The number of nitrogens with zero attached hydrogens (tertiary/aromatic N) is 1. The van der Waals surface area contributed by atoms with Crippen LogP contribution in [0.1, 0.15) is 16.9 Å². The van der Waals surface area contributed by atoms with Gasteiger partial charge < -0.3 is 5.73 Å². The molecule has 2 heterocycles. The van der Waals surface area contributed by atoms with Crippen molar-refractivity contribution in [3.05, 3.63) is 22.3 Å². The number of H-pyrrole nitrogens is 1. The highest BCUT2D eigenvalue weighted by Gasteiger charge is 2.19. The van der Waals surface area contributed by atoms with Crippen LogP contribution in [0, 0.1) is 5.82 Å². The van der Waals surface area contributed by atoms with Crippen molar-refractivity contribution in [3.8, 4) is 10.6 Å². The number of nitrogen functional groups attached to an aromatic ring is 1. The monoisotopic (exact) mass is 223 g/mol.